The molecule has 0 aliphatic carbocycles. The van der Waals surface area contributed by atoms with E-state index in [0.717, 1.165) is 10.4 Å². The topological polar surface area (TPSA) is 70.8 Å². The molecule has 26 heavy (non-hydrogen) atoms. The molecule has 3 aromatic rings. The molecule has 0 bridgehead atoms. The van der Waals surface area contributed by atoms with E-state index in [4.69, 9.17) is 18.7 Å². The molecule has 0 saturated carbocycles. The Bertz CT molecular complexity index is 929. The first kappa shape index (κ1) is 16.4. The summed E-state index contributed by atoms with van der Waals surface area (Å²) in [5.74, 6) is 1.53. The van der Waals surface area contributed by atoms with Gasteiger partial charge in [-0.3, -0.25) is 0 Å². The third kappa shape index (κ3) is 3.78. The molecule has 4 rings (SSSR count). The van der Waals surface area contributed by atoms with E-state index in [2.05, 4.69) is 5.16 Å². The van der Waals surface area contributed by atoms with E-state index < -0.39 is 5.97 Å². The number of carbonyl (C=O) groups excluding carboxylic acids is 1. The van der Waals surface area contributed by atoms with Crippen molar-refractivity contribution in [3.63, 3.8) is 0 Å². The fourth-order valence-corrected chi connectivity index (χ4v) is 3.06. The summed E-state index contributed by atoms with van der Waals surface area (Å²) in [6.07, 6.45) is 3.12. The Labute approximate surface area is 153 Å². The van der Waals surface area contributed by atoms with Gasteiger partial charge < -0.3 is 18.7 Å². The van der Waals surface area contributed by atoms with Gasteiger partial charge in [-0.05, 0) is 35.7 Å². The predicted molar refractivity (Wildman–Crippen MR) is 96.1 cm³/mol. The van der Waals surface area contributed by atoms with Crippen molar-refractivity contribution in [2.75, 3.05) is 13.2 Å². The number of aromatic nitrogens is 1. The van der Waals surface area contributed by atoms with Crippen molar-refractivity contribution in [1.82, 2.24) is 5.16 Å². The van der Waals surface area contributed by atoms with Crippen LogP contribution in [0.4, 0.5) is 0 Å². The molecule has 132 valence electrons. The monoisotopic (exact) mass is 369 g/mol. The van der Waals surface area contributed by atoms with Crippen molar-refractivity contribution in [2.24, 2.45) is 0 Å². The summed E-state index contributed by atoms with van der Waals surface area (Å²) in [6.45, 7) is 1.11. The Morgan fingerprint density at radius 1 is 1.19 bits per heavy atom. The van der Waals surface area contributed by atoms with Crippen molar-refractivity contribution in [2.45, 2.75) is 6.61 Å². The van der Waals surface area contributed by atoms with Gasteiger partial charge in [0.1, 0.15) is 25.5 Å². The van der Waals surface area contributed by atoms with Crippen molar-refractivity contribution >= 4 is 23.4 Å². The van der Waals surface area contributed by atoms with Crippen LogP contribution in [-0.2, 0) is 16.1 Å². The number of esters is 1. The molecule has 1 aliphatic heterocycles. The summed E-state index contributed by atoms with van der Waals surface area (Å²) < 4.78 is 21.6. The van der Waals surface area contributed by atoms with Gasteiger partial charge in [-0.1, -0.05) is 11.2 Å². The number of nitrogens with zero attached hydrogens (tertiary/aromatic N) is 1. The van der Waals surface area contributed by atoms with E-state index >= 15 is 0 Å². The highest BCUT2D eigenvalue weighted by molar-refractivity contribution is 7.10. The molecule has 0 saturated heterocycles. The van der Waals surface area contributed by atoms with Crippen molar-refractivity contribution < 1.29 is 23.5 Å². The fourth-order valence-electron chi connectivity index (χ4n) is 2.44. The van der Waals surface area contributed by atoms with Crippen LogP contribution in [0.2, 0.25) is 0 Å². The number of benzene rings is 1. The van der Waals surface area contributed by atoms with Gasteiger partial charge in [0, 0.05) is 22.6 Å². The van der Waals surface area contributed by atoms with Crippen LogP contribution in [0.3, 0.4) is 0 Å². The zero-order chi connectivity index (χ0) is 17.8. The molecule has 0 N–H and O–H groups in total. The van der Waals surface area contributed by atoms with Gasteiger partial charge in [-0.25, -0.2) is 4.79 Å². The third-order valence-electron chi connectivity index (χ3n) is 3.67. The van der Waals surface area contributed by atoms with E-state index in [9.17, 15) is 4.79 Å². The Morgan fingerprint density at radius 2 is 2.08 bits per heavy atom. The maximum Gasteiger partial charge on any atom is 0.331 e. The molecule has 0 radical (unpaired) electrons. The van der Waals surface area contributed by atoms with Crippen LogP contribution >= 0.6 is 11.3 Å². The smallest absolute Gasteiger partial charge is 0.331 e. The minimum atomic E-state index is -0.428. The van der Waals surface area contributed by atoms with Crippen molar-refractivity contribution in [1.29, 1.82) is 0 Å². The summed E-state index contributed by atoms with van der Waals surface area (Å²) in [7, 11) is 0. The number of rotatable bonds is 5. The lowest BCUT2D eigenvalue weighted by atomic mass is 10.1. The first-order valence-electron chi connectivity index (χ1n) is 8.02. The second-order valence-corrected chi connectivity index (χ2v) is 6.48. The maximum absolute atomic E-state index is 11.8. The largest absolute Gasteiger partial charge is 0.486 e. The highest BCUT2D eigenvalue weighted by atomic mass is 32.1. The summed E-state index contributed by atoms with van der Waals surface area (Å²) in [4.78, 5) is 12.7. The molecular weight excluding hydrogens is 354 g/mol. The van der Waals surface area contributed by atoms with Crippen LogP contribution in [0, 0.1) is 0 Å². The molecule has 0 spiro atoms. The lowest BCUT2D eigenvalue weighted by Crippen LogP contribution is -2.15. The summed E-state index contributed by atoms with van der Waals surface area (Å²) in [6, 6.07) is 11.1. The normalized spacial score (nSPS) is 13.1. The van der Waals surface area contributed by atoms with Gasteiger partial charge in [0.15, 0.2) is 17.3 Å². The van der Waals surface area contributed by atoms with Crippen molar-refractivity contribution in [3.8, 4) is 22.8 Å². The minimum absolute atomic E-state index is 0.0433. The van der Waals surface area contributed by atoms with Crippen LogP contribution in [0.15, 0.2) is 52.4 Å². The molecular formula is C19H15NO5S. The SMILES string of the molecule is O=C(/C=C/c1cccs1)OCc1cc(-c2ccc3c(c2)OCCO3)on1. The van der Waals surface area contributed by atoms with Gasteiger partial charge in [-0.15, -0.1) is 11.3 Å². The number of hydrogen-bond acceptors (Lipinski definition) is 7. The molecule has 1 aliphatic rings. The third-order valence-corrected chi connectivity index (χ3v) is 4.51. The van der Waals surface area contributed by atoms with E-state index in [1.54, 1.807) is 23.5 Å². The van der Waals surface area contributed by atoms with Crippen LogP contribution in [0.1, 0.15) is 10.6 Å². The van der Waals surface area contributed by atoms with Crippen LogP contribution < -0.4 is 9.47 Å². The van der Waals surface area contributed by atoms with Gasteiger partial charge in [0.05, 0.1) is 0 Å². The lowest BCUT2D eigenvalue weighted by molar-refractivity contribution is -0.139. The summed E-state index contributed by atoms with van der Waals surface area (Å²) >= 11 is 1.55. The fraction of sp³-hybridized carbons (Fsp3) is 0.158. The van der Waals surface area contributed by atoms with E-state index in [0.29, 0.717) is 36.2 Å². The first-order valence-corrected chi connectivity index (χ1v) is 8.90. The number of fused-ring (bicyclic) bond motifs is 1. The maximum atomic E-state index is 11.8. The summed E-state index contributed by atoms with van der Waals surface area (Å²) in [5.41, 5.74) is 1.35. The molecule has 0 amide bonds. The van der Waals surface area contributed by atoms with E-state index in [1.165, 1.54) is 6.08 Å². The van der Waals surface area contributed by atoms with Crippen LogP contribution in [0.25, 0.3) is 17.4 Å². The zero-order valence-electron chi connectivity index (χ0n) is 13.7. The number of thiophene rings is 1. The average molecular weight is 369 g/mol. The van der Waals surface area contributed by atoms with Gasteiger partial charge in [0.25, 0.3) is 0 Å². The number of ether oxygens (including phenoxy) is 3. The minimum Gasteiger partial charge on any atom is -0.486 e. The Hall–Kier alpha value is -3.06. The van der Waals surface area contributed by atoms with Crippen LogP contribution in [0.5, 0.6) is 11.5 Å². The van der Waals surface area contributed by atoms with Gasteiger partial charge in [0.2, 0.25) is 0 Å². The van der Waals surface area contributed by atoms with E-state index in [-0.39, 0.29) is 6.61 Å². The molecule has 1 aromatic carbocycles. The van der Waals surface area contributed by atoms with Gasteiger partial charge in [-0.2, -0.15) is 0 Å². The number of carbonyl (C=O) groups is 1. The number of hydrogen-bond donors (Lipinski definition) is 0. The quantitative estimate of drug-likeness (QED) is 0.501. The van der Waals surface area contributed by atoms with Crippen molar-refractivity contribution in [3.05, 3.63) is 58.4 Å². The standard InChI is InChI=1S/C19H15NO5S/c21-19(6-4-15-2-1-9-26-15)24-12-14-11-17(25-20-14)13-3-5-16-18(10-13)23-8-7-22-16/h1-6,9-11H,7-8,12H2/b6-4+. The first-order chi connectivity index (χ1) is 12.8. The molecule has 0 fully saturated rings. The molecule has 6 nitrogen and oxygen atoms in total. The summed E-state index contributed by atoms with van der Waals surface area (Å²) in [5, 5.41) is 5.88. The molecule has 0 unspecified atom stereocenters. The molecule has 7 heteroatoms. The van der Waals surface area contributed by atoms with Crippen LogP contribution in [-0.4, -0.2) is 24.3 Å². The molecule has 2 aromatic heterocycles. The molecule has 3 heterocycles. The van der Waals surface area contributed by atoms with Gasteiger partial charge >= 0.3 is 5.97 Å². The Kier molecular flexibility index (Phi) is 4.70. The Morgan fingerprint density at radius 3 is 2.92 bits per heavy atom. The highest BCUT2D eigenvalue weighted by Crippen LogP contribution is 2.34. The second-order valence-electron chi connectivity index (χ2n) is 5.50. The lowest BCUT2D eigenvalue weighted by Gasteiger charge is -2.18. The highest BCUT2D eigenvalue weighted by Gasteiger charge is 2.15. The van der Waals surface area contributed by atoms with E-state index in [1.807, 2.05) is 35.7 Å². The second kappa shape index (κ2) is 7.45. The predicted octanol–water partition coefficient (Wildman–Crippen LogP) is 3.93. The molecule has 0 atom stereocenters. The Balaban J connectivity index is 1.38. The average Bonchev–Trinajstić information content (AvgIpc) is 3.36. The zero-order valence-corrected chi connectivity index (χ0v) is 14.5.